The highest BCUT2D eigenvalue weighted by Gasteiger charge is 2.18. The van der Waals surface area contributed by atoms with Crippen molar-refractivity contribution in [2.45, 2.75) is 0 Å². The zero-order chi connectivity index (χ0) is 28.2. The molecule has 2 aromatic heterocycles. The van der Waals surface area contributed by atoms with Crippen LogP contribution >= 0.6 is 0 Å². The Morgan fingerprint density at radius 2 is 1.21 bits per heavy atom. The van der Waals surface area contributed by atoms with Gasteiger partial charge in [-0.3, -0.25) is 0 Å². The Morgan fingerprint density at radius 3 is 2.05 bits per heavy atom. The molecule has 2 heterocycles. The Morgan fingerprint density at radius 1 is 0.500 bits per heavy atom. The van der Waals surface area contributed by atoms with Crippen molar-refractivity contribution in [2.24, 2.45) is 0 Å². The van der Waals surface area contributed by atoms with E-state index in [9.17, 15) is 10.5 Å². The Hall–Kier alpha value is -6.10. The number of aromatic nitrogens is 1. The molecule has 0 radical (unpaired) electrons. The van der Waals surface area contributed by atoms with Crippen molar-refractivity contribution in [3.05, 3.63) is 139 Å². The third-order valence-electron chi connectivity index (χ3n) is 8.09. The maximum atomic E-state index is 9.73. The third-order valence-corrected chi connectivity index (χ3v) is 8.09. The predicted octanol–water partition coefficient (Wildman–Crippen LogP) is 9.76. The minimum Gasteiger partial charge on any atom is -0.456 e. The molecule has 4 nitrogen and oxygen atoms in total. The first kappa shape index (κ1) is 23.8. The number of hydrogen-bond donors (Lipinski definition) is 0. The van der Waals surface area contributed by atoms with Gasteiger partial charge >= 0.3 is 0 Å². The van der Waals surface area contributed by atoms with Crippen LogP contribution in [0.1, 0.15) is 11.1 Å². The number of rotatable bonds is 3. The lowest BCUT2D eigenvalue weighted by Crippen LogP contribution is -1.93. The molecular weight excluding hydrogens is 514 g/mol. The topological polar surface area (TPSA) is 65.7 Å². The summed E-state index contributed by atoms with van der Waals surface area (Å²) in [5.41, 5.74) is 9.89. The Labute approximate surface area is 241 Å². The monoisotopic (exact) mass is 535 g/mol. The number of benzene rings is 6. The van der Waals surface area contributed by atoms with Crippen molar-refractivity contribution in [1.29, 1.82) is 10.5 Å². The standard InChI is InChI=1S/C38H21N3O/c39-22-27-14-13-26(19-28(27)23-40)30-10-6-11-35-38(30)33-21-24(15-17-34(33)41(35)29-7-2-1-3-8-29)25-16-18-37-32(20-25)31-9-4-5-12-36(31)42-37/h1-21H. The van der Waals surface area contributed by atoms with Crippen LogP contribution in [0.2, 0.25) is 0 Å². The molecule has 0 unspecified atom stereocenters. The van der Waals surface area contributed by atoms with E-state index in [2.05, 4.69) is 95.6 Å². The van der Waals surface area contributed by atoms with Gasteiger partial charge in [-0.2, -0.15) is 10.5 Å². The summed E-state index contributed by atoms with van der Waals surface area (Å²) in [4.78, 5) is 0. The normalized spacial score (nSPS) is 11.3. The van der Waals surface area contributed by atoms with E-state index >= 15 is 0 Å². The van der Waals surface area contributed by atoms with E-state index in [1.165, 1.54) is 0 Å². The molecule has 0 bridgehead atoms. The molecule has 0 saturated carbocycles. The summed E-state index contributed by atoms with van der Waals surface area (Å²) < 4.78 is 8.37. The van der Waals surface area contributed by atoms with Gasteiger partial charge in [-0.15, -0.1) is 0 Å². The van der Waals surface area contributed by atoms with Gasteiger partial charge in [0.05, 0.1) is 22.2 Å². The summed E-state index contributed by atoms with van der Waals surface area (Å²) in [7, 11) is 0. The van der Waals surface area contributed by atoms with E-state index in [1.807, 2.05) is 42.5 Å². The van der Waals surface area contributed by atoms with Crippen LogP contribution < -0.4 is 0 Å². The SMILES string of the molecule is N#Cc1ccc(-c2cccc3c2c2cc(-c4ccc5oc6ccccc6c5c4)ccc2n3-c2ccccc2)cc1C#N. The number of nitrogens with zero attached hydrogens (tertiary/aromatic N) is 3. The molecular formula is C38H21N3O. The molecule has 0 fully saturated rings. The van der Waals surface area contributed by atoms with Crippen LogP contribution in [-0.4, -0.2) is 4.57 Å². The summed E-state index contributed by atoms with van der Waals surface area (Å²) in [5, 5.41) is 23.6. The molecule has 42 heavy (non-hydrogen) atoms. The first-order valence-corrected chi connectivity index (χ1v) is 13.7. The van der Waals surface area contributed by atoms with Gasteiger partial charge in [0, 0.05) is 27.2 Å². The zero-order valence-corrected chi connectivity index (χ0v) is 22.4. The zero-order valence-electron chi connectivity index (χ0n) is 22.4. The van der Waals surface area contributed by atoms with Crippen LogP contribution in [-0.2, 0) is 0 Å². The number of para-hydroxylation sites is 2. The first-order valence-electron chi connectivity index (χ1n) is 13.7. The fraction of sp³-hybridized carbons (Fsp3) is 0. The molecule has 0 aliphatic rings. The highest BCUT2D eigenvalue weighted by atomic mass is 16.3. The van der Waals surface area contributed by atoms with Crippen molar-refractivity contribution in [3.63, 3.8) is 0 Å². The molecule has 4 heteroatoms. The maximum absolute atomic E-state index is 9.73. The lowest BCUT2D eigenvalue weighted by Gasteiger charge is -2.09. The third kappa shape index (κ3) is 3.53. The lowest BCUT2D eigenvalue weighted by atomic mass is 9.95. The van der Waals surface area contributed by atoms with E-state index in [1.54, 1.807) is 6.07 Å². The summed E-state index contributed by atoms with van der Waals surface area (Å²) in [6, 6.07) is 47.6. The predicted molar refractivity (Wildman–Crippen MR) is 168 cm³/mol. The molecule has 0 saturated heterocycles. The molecule has 0 N–H and O–H groups in total. The van der Waals surface area contributed by atoms with Gasteiger partial charge in [-0.25, -0.2) is 0 Å². The Balaban J connectivity index is 1.42. The van der Waals surface area contributed by atoms with Gasteiger partial charge in [-0.05, 0) is 82.9 Å². The van der Waals surface area contributed by atoms with Gasteiger partial charge in [0.15, 0.2) is 0 Å². The van der Waals surface area contributed by atoms with Crippen LogP contribution in [0.15, 0.2) is 132 Å². The fourth-order valence-electron chi connectivity index (χ4n) is 6.15. The van der Waals surface area contributed by atoms with Gasteiger partial charge in [0.2, 0.25) is 0 Å². The average Bonchev–Trinajstić information content (AvgIpc) is 3.59. The maximum Gasteiger partial charge on any atom is 0.135 e. The molecule has 0 amide bonds. The van der Waals surface area contributed by atoms with Crippen molar-refractivity contribution < 1.29 is 4.42 Å². The van der Waals surface area contributed by atoms with Crippen molar-refractivity contribution >= 4 is 43.7 Å². The molecule has 0 spiro atoms. The van der Waals surface area contributed by atoms with Gasteiger partial charge in [-0.1, -0.05) is 66.7 Å². The van der Waals surface area contributed by atoms with Crippen LogP contribution in [0.3, 0.4) is 0 Å². The quantitative estimate of drug-likeness (QED) is 0.226. The summed E-state index contributed by atoms with van der Waals surface area (Å²) >= 11 is 0. The second-order valence-corrected chi connectivity index (χ2v) is 10.4. The van der Waals surface area contributed by atoms with E-state index in [0.717, 1.165) is 71.7 Å². The van der Waals surface area contributed by atoms with Crippen molar-refractivity contribution in [3.8, 4) is 40.1 Å². The Kier molecular flexibility index (Phi) is 5.22. The largest absolute Gasteiger partial charge is 0.456 e. The Bertz CT molecular complexity index is 2430. The molecule has 8 aromatic rings. The minimum atomic E-state index is 0.375. The minimum absolute atomic E-state index is 0.375. The highest BCUT2D eigenvalue weighted by molar-refractivity contribution is 6.17. The molecule has 6 aromatic carbocycles. The number of fused-ring (bicyclic) bond motifs is 6. The number of nitriles is 2. The molecule has 0 aliphatic carbocycles. The lowest BCUT2D eigenvalue weighted by molar-refractivity contribution is 0.669. The summed E-state index contributed by atoms with van der Waals surface area (Å²) in [6.45, 7) is 0. The van der Waals surface area contributed by atoms with Gasteiger partial charge in [0.1, 0.15) is 23.3 Å². The van der Waals surface area contributed by atoms with E-state index in [0.29, 0.717) is 11.1 Å². The van der Waals surface area contributed by atoms with Crippen molar-refractivity contribution in [1.82, 2.24) is 4.57 Å². The van der Waals surface area contributed by atoms with Crippen LogP contribution in [0, 0.1) is 22.7 Å². The number of furan rings is 1. The second kappa shape index (κ2) is 9.24. The fourth-order valence-corrected chi connectivity index (χ4v) is 6.15. The van der Waals surface area contributed by atoms with Crippen LogP contribution in [0.4, 0.5) is 0 Å². The first-order chi connectivity index (χ1) is 20.7. The van der Waals surface area contributed by atoms with Gasteiger partial charge < -0.3 is 8.98 Å². The summed E-state index contributed by atoms with van der Waals surface area (Å²) in [6.07, 6.45) is 0. The van der Waals surface area contributed by atoms with E-state index < -0.39 is 0 Å². The smallest absolute Gasteiger partial charge is 0.135 e. The molecule has 0 atom stereocenters. The van der Waals surface area contributed by atoms with E-state index in [-0.39, 0.29) is 0 Å². The van der Waals surface area contributed by atoms with E-state index in [4.69, 9.17) is 4.42 Å². The summed E-state index contributed by atoms with van der Waals surface area (Å²) in [5.74, 6) is 0. The van der Waals surface area contributed by atoms with Crippen molar-refractivity contribution in [2.75, 3.05) is 0 Å². The number of hydrogen-bond acceptors (Lipinski definition) is 3. The van der Waals surface area contributed by atoms with Crippen LogP contribution in [0.5, 0.6) is 0 Å². The van der Waals surface area contributed by atoms with Crippen LogP contribution in [0.25, 0.3) is 71.7 Å². The molecule has 0 aliphatic heterocycles. The molecule has 8 rings (SSSR count). The second-order valence-electron chi connectivity index (χ2n) is 10.4. The average molecular weight is 536 g/mol. The highest BCUT2D eigenvalue weighted by Crippen LogP contribution is 2.41. The molecule has 194 valence electrons. The van der Waals surface area contributed by atoms with Gasteiger partial charge in [0.25, 0.3) is 0 Å².